The topological polar surface area (TPSA) is 75.8 Å². The van der Waals surface area contributed by atoms with Gasteiger partial charge in [0.1, 0.15) is 5.75 Å². The van der Waals surface area contributed by atoms with Crippen LogP contribution in [0.2, 0.25) is 0 Å². The van der Waals surface area contributed by atoms with E-state index in [1.807, 2.05) is 11.8 Å². The maximum atomic E-state index is 12.9. The van der Waals surface area contributed by atoms with E-state index in [9.17, 15) is 18.3 Å². The molecule has 4 rings (SSSR count). The summed E-state index contributed by atoms with van der Waals surface area (Å²) in [6.45, 7) is 5.32. The Hall–Kier alpha value is -2.88. The van der Waals surface area contributed by atoms with Crippen molar-refractivity contribution in [3.05, 3.63) is 35.5 Å². The third-order valence-corrected chi connectivity index (χ3v) is 4.72. The quantitative estimate of drug-likeness (QED) is 0.721. The summed E-state index contributed by atoms with van der Waals surface area (Å²) in [5.41, 5.74) is -0.0749. The van der Waals surface area contributed by atoms with Crippen LogP contribution < -0.4 is 4.90 Å². The monoisotopic (exact) mass is 393 g/mol. The van der Waals surface area contributed by atoms with Crippen LogP contribution in [-0.2, 0) is 10.9 Å². The fourth-order valence-electron chi connectivity index (χ4n) is 3.32. The number of phenols is 1. The molecule has 1 N–H and O–H groups in total. The minimum absolute atomic E-state index is 0.117. The number of anilines is 1. The van der Waals surface area contributed by atoms with Gasteiger partial charge in [0.2, 0.25) is 5.95 Å². The number of nitrogens with zero attached hydrogens (tertiary/aromatic N) is 5. The highest BCUT2D eigenvalue weighted by Gasteiger charge is 2.32. The van der Waals surface area contributed by atoms with Crippen LogP contribution in [-0.4, -0.2) is 50.5 Å². The van der Waals surface area contributed by atoms with Crippen LogP contribution in [0, 0.1) is 6.92 Å². The lowest BCUT2D eigenvalue weighted by atomic mass is 10.0. The Labute approximate surface area is 158 Å². The van der Waals surface area contributed by atoms with Gasteiger partial charge in [-0.15, -0.1) is 5.10 Å². The van der Waals surface area contributed by atoms with Crippen LogP contribution in [0.3, 0.4) is 0 Å². The Bertz CT molecular complexity index is 1010. The van der Waals surface area contributed by atoms with Crippen molar-refractivity contribution in [3.63, 3.8) is 0 Å². The average Bonchev–Trinajstić information content (AvgIpc) is 3.04. The zero-order valence-corrected chi connectivity index (χ0v) is 15.2. The molecule has 0 unspecified atom stereocenters. The molecule has 1 atom stereocenters. The number of morpholine rings is 1. The van der Waals surface area contributed by atoms with E-state index in [0.29, 0.717) is 43.2 Å². The zero-order chi connectivity index (χ0) is 20.1. The molecule has 3 heterocycles. The van der Waals surface area contributed by atoms with Crippen LogP contribution in [0.15, 0.2) is 24.4 Å². The minimum atomic E-state index is -4.53. The smallest absolute Gasteiger partial charge is 0.416 e. The van der Waals surface area contributed by atoms with Gasteiger partial charge in [-0.3, -0.25) is 0 Å². The van der Waals surface area contributed by atoms with Gasteiger partial charge in [-0.2, -0.15) is 18.2 Å². The van der Waals surface area contributed by atoms with Crippen molar-refractivity contribution >= 4 is 11.7 Å². The Morgan fingerprint density at radius 2 is 2.04 bits per heavy atom. The molecule has 0 amide bonds. The van der Waals surface area contributed by atoms with Gasteiger partial charge in [0.15, 0.2) is 0 Å². The number of halogens is 3. The number of ether oxygens (including phenoxy) is 1. The molecular weight excluding hydrogens is 375 g/mol. The molecule has 0 radical (unpaired) electrons. The number of hydrogen-bond acceptors (Lipinski definition) is 6. The third-order valence-electron chi connectivity index (χ3n) is 4.72. The van der Waals surface area contributed by atoms with Crippen molar-refractivity contribution in [1.82, 2.24) is 19.6 Å². The Morgan fingerprint density at radius 3 is 2.71 bits per heavy atom. The van der Waals surface area contributed by atoms with Gasteiger partial charge in [-0.05, 0) is 37.6 Å². The standard InChI is InChI=1S/C18H18F3N5O2/c1-10-7-12(18(19,20)21)8-14(27)15(10)13-3-4-26-16(22-13)23-17(24-26)25-5-6-28-9-11(25)2/h3-4,7-8,11,27H,5-6,9H2,1-2H3/t11-/m0/s1. The number of phenolic OH excluding ortho intramolecular Hbond substituents is 1. The summed E-state index contributed by atoms with van der Waals surface area (Å²) in [5, 5.41) is 14.6. The first-order valence-electron chi connectivity index (χ1n) is 8.73. The molecule has 1 saturated heterocycles. The predicted molar refractivity (Wildman–Crippen MR) is 95.2 cm³/mol. The number of aryl methyl sites for hydroxylation is 1. The molecule has 28 heavy (non-hydrogen) atoms. The van der Waals surface area contributed by atoms with Gasteiger partial charge >= 0.3 is 6.18 Å². The van der Waals surface area contributed by atoms with Crippen molar-refractivity contribution in [2.75, 3.05) is 24.7 Å². The first kappa shape index (κ1) is 18.5. The minimum Gasteiger partial charge on any atom is -0.507 e. The SMILES string of the molecule is Cc1cc(C(F)(F)F)cc(O)c1-c1ccn2nc(N3CCOC[C@@H]3C)nc2n1. The van der Waals surface area contributed by atoms with E-state index in [-0.39, 0.29) is 17.2 Å². The number of aromatic hydroxyl groups is 1. The lowest BCUT2D eigenvalue weighted by molar-refractivity contribution is -0.137. The molecule has 0 bridgehead atoms. The molecule has 0 aliphatic carbocycles. The summed E-state index contributed by atoms with van der Waals surface area (Å²) < 4.78 is 45.7. The highest BCUT2D eigenvalue weighted by molar-refractivity contribution is 5.72. The van der Waals surface area contributed by atoms with Gasteiger partial charge in [0.05, 0.1) is 30.5 Å². The molecule has 1 aliphatic rings. The van der Waals surface area contributed by atoms with Crippen LogP contribution >= 0.6 is 0 Å². The molecule has 2 aromatic heterocycles. The molecule has 0 saturated carbocycles. The second-order valence-electron chi connectivity index (χ2n) is 6.77. The average molecular weight is 393 g/mol. The van der Waals surface area contributed by atoms with Gasteiger partial charge in [0.25, 0.3) is 5.78 Å². The van der Waals surface area contributed by atoms with Crippen molar-refractivity contribution < 1.29 is 23.0 Å². The number of rotatable bonds is 2. The highest BCUT2D eigenvalue weighted by atomic mass is 19.4. The molecule has 1 aromatic carbocycles. The maximum Gasteiger partial charge on any atom is 0.416 e. The van der Waals surface area contributed by atoms with E-state index in [4.69, 9.17) is 4.74 Å². The number of hydrogen-bond donors (Lipinski definition) is 1. The number of alkyl halides is 3. The first-order valence-corrected chi connectivity index (χ1v) is 8.73. The van der Waals surface area contributed by atoms with Crippen LogP contribution in [0.5, 0.6) is 5.75 Å². The van der Waals surface area contributed by atoms with Gasteiger partial charge in [-0.1, -0.05) is 0 Å². The summed E-state index contributed by atoms with van der Waals surface area (Å²) in [5.74, 6) is 0.324. The second kappa shape index (κ2) is 6.62. The number of aromatic nitrogens is 4. The van der Waals surface area contributed by atoms with E-state index >= 15 is 0 Å². The zero-order valence-electron chi connectivity index (χ0n) is 15.2. The lowest BCUT2D eigenvalue weighted by Gasteiger charge is -2.32. The van der Waals surface area contributed by atoms with Gasteiger partial charge in [-0.25, -0.2) is 9.50 Å². The second-order valence-corrected chi connectivity index (χ2v) is 6.77. The van der Waals surface area contributed by atoms with Crippen LogP contribution in [0.25, 0.3) is 17.0 Å². The van der Waals surface area contributed by atoms with Crippen LogP contribution in [0.4, 0.5) is 19.1 Å². The largest absolute Gasteiger partial charge is 0.507 e. The summed E-state index contributed by atoms with van der Waals surface area (Å²) in [6, 6.07) is 3.40. The Morgan fingerprint density at radius 1 is 1.25 bits per heavy atom. The van der Waals surface area contributed by atoms with Gasteiger partial charge in [0, 0.05) is 18.3 Å². The summed E-state index contributed by atoms with van der Waals surface area (Å²) in [7, 11) is 0. The highest BCUT2D eigenvalue weighted by Crippen LogP contribution is 2.38. The molecular formula is C18H18F3N5O2. The van der Waals surface area contributed by atoms with Crippen molar-refractivity contribution in [2.45, 2.75) is 26.1 Å². The maximum absolute atomic E-state index is 12.9. The molecule has 0 spiro atoms. The van der Waals surface area contributed by atoms with Crippen LogP contribution in [0.1, 0.15) is 18.1 Å². The molecule has 10 heteroatoms. The molecule has 3 aromatic rings. The van der Waals surface area contributed by atoms with Gasteiger partial charge < -0.3 is 14.7 Å². The number of benzene rings is 1. The Balaban J connectivity index is 1.74. The fraction of sp³-hybridized carbons (Fsp3) is 0.389. The van der Waals surface area contributed by atoms with E-state index in [2.05, 4.69) is 15.1 Å². The normalized spacial score (nSPS) is 18.0. The third kappa shape index (κ3) is 3.24. The summed E-state index contributed by atoms with van der Waals surface area (Å²) in [6.07, 6.45) is -2.91. The lowest BCUT2D eigenvalue weighted by Crippen LogP contribution is -2.44. The van der Waals surface area contributed by atoms with E-state index in [1.165, 1.54) is 11.4 Å². The molecule has 1 fully saturated rings. The molecule has 7 nitrogen and oxygen atoms in total. The van der Waals surface area contributed by atoms with Crippen molar-refractivity contribution in [3.8, 4) is 17.0 Å². The Kier molecular flexibility index (Phi) is 4.37. The van der Waals surface area contributed by atoms with E-state index in [0.717, 1.165) is 6.07 Å². The first-order chi connectivity index (χ1) is 13.2. The molecule has 148 valence electrons. The number of fused-ring (bicyclic) bond motifs is 1. The molecule has 1 aliphatic heterocycles. The van der Waals surface area contributed by atoms with E-state index < -0.39 is 17.5 Å². The fourth-order valence-corrected chi connectivity index (χ4v) is 3.32. The van der Waals surface area contributed by atoms with Crippen molar-refractivity contribution in [1.29, 1.82) is 0 Å². The van der Waals surface area contributed by atoms with E-state index in [1.54, 1.807) is 12.3 Å². The predicted octanol–water partition coefficient (Wildman–Crippen LogP) is 3.05. The summed E-state index contributed by atoms with van der Waals surface area (Å²) in [4.78, 5) is 10.8. The summed E-state index contributed by atoms with van der Waals surface area (Å²) >= 11 is 0. The van der Waals surface area contributed by atoms with Crippen molar-refractivity contribution in [2.24, 2.45) is 0 Å².